The lowest BCUT2D eigenvalue weighted by atomic mass is 9.76. The van der Waals surface area contributed by atoms with E-state index in [1.807, 2.05) is 26.0 Å². The normalized spacial score (nSPS) is 25.7. The van der Waals surface area contributed by atoms with Gasteiger partial charge >= 0.3 is 5.97 Å². The first-order valence-electron chi connectivity index (χ1n) is 13.0. The molecule has 3 fully saturated rings. The molecule has 3 heterocycles. The van der Waals surface area contributed by atoms with Crippen LogP contribution in [0.5, 0.6) is 0 Å². The molecule has 7 nitrogen and oxygen atoms in total. The molecule has 5 rings (SSSR count). The van der Waals surface area contributed by atoms with Gasteiger partial charge in [-0.1, -0.05) is 29.3 Å². The van der Waals surface area contributed by atoms with Gasteiger partial charge in [-0.05, 0) is 82.5 Å². The SMILES string of the molecule is Cc1nc(N2CC([C@H]3CCCN([C@H]4C[C@@H](C(=O)O)C4)C3)C2)nc(N[C@H](C)c2ccc(Cl)cc2Cl)c1C. The fourth-order valence-corrected chi connectivity index (χ4v) is 6.42. The quantitative estimate of drug-likeness (QED) is 0.482. The largest absolute Gasteiger partial charge is 0.481 e. The number of aryl methyl sites for hydroxylation is 1. The molecular formula is C27H35Cl2N5O2. The van der Waals surface area contributed by atoms with Crippen LogP contribution in [0.25, 0.3) is 0 Å². The zero-order chi connectivity index (χ0) is 25.6. The van der Waals surface area contributed by atoms with E-state index in [0.29, 0.717) is 27.9 Å². The van der Waals surface area contributed by atoms with Crippen LogP contribution in [0.3, 0.4) is 0 Å². The van der Waals surface area contributed by atoms with Crippen molar-refractivity contribution in [3.8, 4) is 0 Å². The molecule has 0 amide bonds. The summed E-state index contributed by atoms with van der Waals surface area (Å²) in [6, 6.07) is 6.00. The van der Waals surface area contributed by atoms with Gasteiger partial charge in [0.15, 0.2) is 0 Å². The number of carboxylic acids is 1. The highest BCUT2D eigenvalue weighted by atomic mass is 35.5. The lowest BCUT2D eigenvalue weighted by Gasteiger charge is -2.50. The predicted molar refractivity (Wildman–Crippen MR) is 144 cm³/mol. The lowest BCUT2D eigenvalue weighted by Crippen LogP contribution is -2.57. The summed E-state index contributed by atoms with van der Waals surface area (Å²) in [6.07, 6.45) is 4.08. The molecule has 2 N–H and O–H groups in total. The number of aliphatic carboxylic acids is 1. The molecule has 2 saturated heterocycles. The molecule has 3 aliphatic rings. The lowest BCUT2D eigenvalue weighted by molar-refractivity contribution is -0.147. The summed E-state index contributed by atoms with van der Waals surface area (Å²) in [5, 5.41) is 14.0. The summed E-state index contributed by atoms with van der Waals surface area (Å²) in [7, 11) is 0. The third kappa shape index (κ3) is 5.15. The summed E-state index contributed by atoms with van der Waals surface area (Å²) >= 11 is 12.5. The molecule has 1 saturated carbocycles. The molecule has 2 aromatic rings. The zero-order valence-electron chi connectivity index (χ0n) is 21.2. The summed E-state index contributed by atoms with van der Waals surface area (Å²) in [4.78, 5) is 25.7. The van der Waals surface area contributed by atoms with E-state index in [1.165, 1.54) is 12.8 Å². The van der Waals surface area contributed by atoms with E-state index >= 15 is 0 Å². The number of carboxylic acid groups (broad SMARTS) is 1. The molecule has 2 atom stereocenters. The molecule has 36 heavy (non-hydrogen) atoms. The molecule has 0 spiro atoms. The zero-order valence-corrected chi connectivity index (χ0v) is 22.7. The van der Waals surface area contributed by atoms with Crippen molar-refractivity contribution in [1.82, 2.24) is 14.9 Å². The van der Waals surface area contributed by atoms with Crippen LogP contribution in [0, 0.1) is 31.6 Å². The average molecular weight is 533 g/mol. The Hall–Kier alpha value is -2.09. The highest BCUT2D eigenvalue weighted by Gasteiger charge is 2.42. The molecule has 0 bridgehead atoms. The van der Waals surface area contributed by atoms with Crippen molar-refractivity contribution in [3.63, 3.8) is 0 Å². The van der Waals surface area contributed by atoms with E-state index in [-0.39, 0.29) is 12.0 Å². The Balaban J connectivity index is 1.20. The number of piperidine rings is 1. The highest BCUT2D eigenvalue weighted by molar-refractivity contribution is 6.35. The van der Waals surface area contributed by atoms with Crippen molar-refractivity contribution in [3.05, 3.63) is 45.1 Å². The van der Waals surface area contributed by atoms with Gasteiger partial charge in [0.25, 0.3) is 0 Å². The molecule has 1 aromatic carbocycles. The first-order chi connectivity index (χ1) is 17.2. The fraction of sp³-hybridized carbons (Fsp3) is 0.593. The van der Waals surface area contributed by atoms with E-state index in [0.717, 1.165) is 67.6 Å². The maximum atomic E-state index is 11.2. The fourth-order valence-electron chi connectivity index (χ4n) is 5.85. The average Bonchev–Trinajstić information content (AvgIpc) is 2.75. The maximum Gasteiger partial charge on any atom is 0.306 e. The number of hydrogen-bond donors (Lipinski definition) is 2. The van der Waals surface area contributed by atoms with E-state index in [1.54, 1.807) is 6.07 Å². The van der Waals surface area contributed by atoms with Crippen molar-refractivity contribution >= 4 is 40.9 Å². The Morgan fingerprint density at radius 3 is 2.58 bits per heavy atom. The van der Waals surface area contributed by atoms with Gasteiger partial charge in [0.1, 0.15) is 5.82 Å². The first-order valence-corrected chi connectivity index (χ1v) is 13.7. The molecule has 1 aliphatic carbocycles. The monoisotopic (exact) mass is 531 g/mol. The van der Waals surface area contributed by atoms with Gasteiger partial charge in [-0.2, -0.15) is 4.98 Å². The summed E-state index contributed by atoms with van der Waals surface area (Å²) in [5.41, 5.74) is 2.99. The van der Waals surface area contributed by atoms with Gasteiger partial charge in [-0.3, -0.25) is 4.79 Å². The molecule has 194 valence electrons. The minimum Gasteiger partial charge on any atom is -0.481 e. The Bertz CT molecular complexity index is 1130. The molecule has 0 radical (unpaired) electrons. The third-order valence-corrected chi connectivity index (χ3v) is 9.05. The van der Waals surface area contributed by atoms with Crippen molar-refractivity contribution in [2.45, 2.75) is 58.5 Å². The number of anilines is 2. The maximum absolute atomic E-state index is 11.2. The van der Waals surface area contributed by atoms with Gasteiger partial charge in [-0.15, -0.1) is 0 Å². The van der Waals surface area contributed by atoms with Crippen LogP contribution in [-0.2, 0) is 4.79 Å². The Morgan fingerprint density at radius 2 is 1.89 bits per heavy atom. The van der Waals surface area contributed by atoms with E-state index < -0.39 is 5.97 Å². The second-order valence-corrected chi connectivity index (χ2v) is 11.7. The number of aromatic nitrogens is 2. The van der Waals surface area contributed by atoms with Crippen LogP contribution in [0.15, 0.2) is 18.2 Å². The predicted octanol–water partition coefficient (Wildman–Crippen LogP) is 5.58. The smallest absolute Gasteiger partial charge is 0.306 e. The van der Waals surface area contributed by atoms with Gasteiger partial charge < -0.3 is 20.2 Å². The Morgan fingerprint density at radius 1 is 1.14 bits per heavy atom. The highest BCUT2D eigenvalue weighted by Crippen LogP contribution is 2.38. The minimum absolute atomic E-state index is 0.0276. The summed E-state index contributed by atoms with van der Waals surface area (Å²) < 4.78 is 0. The van der Waals surface area contributed by atoms with Crippen LogP contribution in [0.2, 0.25) is 10.0 Å². The van der Waals surface area contributed by atoms with E-state index in [4.69, 9.17) is 33.2 Å². The van der Waals surface area contributed by atoms with Gasteiger partial charge in [0, 0.05) is 47.0 Å². The van der Waals surface area contributed by atoms with Crippen molar-refractivity contribution in [2.24, 2.45) is 17.8 Å². The van der Waals surface area contributed by atoms with Crippen molar-refractivity contribution in [1.29, 1.82) is 0 Å². The number of nitrogens with one attached hydrogen (secondary N) is 1. The van der Waals surface area contributed by atoms with Gasteiger partial charge in [0.05, 0.1) is 12.0 Å². The van der Waals surface area contributed by atoms with Crippen molar-refractivity contribution < 1.29 is 9.90 Å². The van der Waals surface area contributed by atoms with Crippen LogP contribution in [0.4, 0.5) is 11.8 Å². The topological polar surface area (TPSA) is 81.6 Å². The molecule has 2 aliphatic heterocycles. The van der Waals surface area contributed by atoms with Crippen LogP contribution >= 0.6 is 23.2 Å². The second-order valence-electron chi connectivity index (χ2n) is 10.8. The second kappa shape index (κ2) is 10.3. The third-order valence-electron chi connectivity index (χ3n) is 8.49. The number of benzene rings is 1. The number of carbonyl (C=O) groups is 1. The van der Waals surface area contributed by atoms with E-state index in [9.17, 15) is 9.90 Å². The standard InChI is InChI=1S/C27H35Cl2N5O2/c1-15-16(2)31-27(32-25(15)30-17(3)23-7-6-21(28)11-24(23)29)34-13-20(14-34)18-5-4-8-33(12-18)22-9-19(10-22)26(35)36/h6-7,11,17-20,22H,4-5,8-10,12-14H2,1-3H3,(H,35,36)(H,30,31,32)/t17-,18+,19-,22+/m1/s1. The van der Waals surface area contributed by atoms with Crippen molar-refractivity contribution in [2.75, 3.05) is 36.4 Å². The number of hydrogen-bond acceptors (Lipinski definition) is 6. The Kier molecular flexibility index (Phi) is 7.34. The Labute approximate surface area is 223 Å². The molecular weight excluding hydrogens is 497 g/mol. The number of halogens is 2. The summed E-state index contributed by atoms with van der Waals surface area (Å²) in [5.74, 6) is 2.13. The van der Waals surface area contributed by atoms with Gasteiger partial charge in [-0.25, -0.2) is 4.98 Å². The molecule has 1 aromatic heterocycles. The first kappa shape index (κ1) is 25.6. The molecule has 9 heteroatoms. The van der Waals surface area contributed by atoms with Crippen LogP contribution in [0.1, 0.15) is 55.5 Å². The minimum atomic E-state index is -0.637. The number of likely N-dealkylation sites (tertiary alicyclic amines) is 1. The van der Waals surface area contributed by atoms with Gasteiger partial charge in [0.2, 0.25) is 5.95 Å². The molecule has 0 unspecified atom stereocenters. The number of rotatable bonds is 7. The van der Waals surface area contributed by atoms with E-state index in [2.05, 4.69) is 22.0 Å². The van der Waals surface area contributed by atoms with Crippen LogP contribution in [-0.4, -0.2) is 58.2 Å². The number of nitrogens with zero attached hydrogens (tertiary/aromatic N) is 4. The summed E-state index contributed by atoms with van der Waals surface area (Å²) in [6.45, 7) is 10.3. The van der Waals surface area contributed by atoms with Crippen LogP contribution < -0.4 is 10.2 Å².